The minimum Gasteiger partial charge on any atom is -0.369 e. The fourth-order valence-electron chi connectivity index (χ4n) is 2.98. The van der Waals surface area contributed by atoms with Crippen molar-refractivity contribution < 1.29 is 4.79 Å². The van der Waals surface area contributed by atoms with Gasteiger partial charge >= 0.3 is 0 Å². The second kappa shape index (κ2) is 4.84. The molecule has 1 aliphatic heterocycles. The Kier molecular flexibility index (Phi) is 3.24. The predicted octanol–water partition coefficient (Wildman–Crippen LogP) is 1.76. The van der Waals surface area contributed by atoms with Crippen LogP contribution in [-0.4, -0.2) is 21.3 Å². The number of alkyl halides is 1. The molecule has 0 radical (unpaired) electrons. The summed E-state index contributed by atoms with van der Waals surface area (Å²) in [5.74, 6) is 0.398. The van der Waals surface area contributed by atoms with E-state index in [1.165, 1.54) is 12.3 Å². The van der Waals surface area contributed by atoms with E-state index >= 15 is 0 Å². The third kappa shape index (κ3) is 2.21. The van der Waals surface area contributed by atoms with Crippen molar-refractivity contribution in [1.29, 1.82) is 0 Å². The van der Waals surface area contributed by atoms with Crippen molar-refractivity contribution in [3.05, 3.63) is 51.4 Å². The lowest BCUT2D eigenvalue weighted by atomic mass is 9.70. The maximum atomic E-state index is 13.0. The van der Waals surface area contributed by atoms with E-state index in [1.54, 1.807) is 0 Å². The van der Waals surface area contributed by atoms with Gasteiger partial charge in [-0.3, -0.25) is 9.59 Å². The van der Waals surface area contributed by atoms with Crippen molar-refractivity contribution in [2.45, 2.75) is 37.6 Å². The van der Waals surface area contributed by atoms with Crippen LogP contribution in [0.5, 0.6) is 0 Å². The van der Waals surface area contributed by atoms with E-state index in [0.29, 0.717) is 24.2 Å². The number of dihydropyridines is 1. The molecule has 2 aliphatic rings. The highest BCUT2D eigenvalue weighted by Gasteiger charge is 2.44. The zero-order chi connectivity index (χ0) is 15.2. The van der Waals surface area contributed by atoms with Crippen molar-refractivity contribution >= 4 is 17.4 Å². The summed E-state index contributed by atoms with van der Waals surface area (Å²) >= 11 is 6.10. The number of hydrogen-bond donors (Lipinski definition) is 2. The van der Waals surface area contributed by atoms with Gasteiger partial charge in [-0.25, -0.2) is 4.98 Å². The number of carbonyl (C=O) groups excluding carboxylic acids is 1. The number of aromatic amines is 1. The summed E-state index contributed by atoms with van der Waals surface area (Å²) in [6.45, 7) is 3.72. The average Bonchev–Trinajstić information content (AvgIpc) is 2.42. The summed E-state index contributed by atoms with van der Waals surface area (Å²) < 4.78 is 0. The molecular formula is C15H16ClN3O2. The molecular weight excluding hydrogens is 290 g/mol. The quantitative estimate of drug-likeness (QED) is 0.612. The number of aromatic nitrogens is 2. The Labute approximate surface area is 127 Å². The number of rotatable bonds is 1. The number of allylic oxidation sites excluding steroid dienone is 3. The van der Waals surface area contributed by atoms with Gasteiger partial charge in [0.2, 0.25) is 0 Å². The average molecular weight is 306 g/mol. The van der Waals surface area contributed by atoms with Crippen molar-refractivity contribution in [2.24, 2.45) is 0 Å². The lowest BCUT2D eigenvalue weighted by Gasteiger charge is -2.36. The third-order valence-electron chi connectivity index (χ3n) is 4.20. The second-order valence-electron chi connectivity index (χ2n) is 5.69. The summed E-state index contributed by atoms with van der Waals surface area (Å²) in [5, 5.41) is 3.14. The highest BCUT2D eigenvalue weighted by atomic mass is 35.5. The molecule has 1 aromatic heterocycles. The monoisotopic (exact) mass is 305 g/mol. The molecule has 2 N–H and O–H groups in total. The van der Waals surface area contributed by atoms with Crippen LogP contribution >= 0.6 is 11.6 Å². The third-order valence-corrected chi connectivity index (χ3v) is 4.44. The van der Waals surface area contributed by atoms with E-state index in [4.69, 9.17) is 11.6 Å². The first-order chi connectivity index (χ1) is 9.91. The van der Waals surface area contributed by atoms with Crippen LogP contribution in [0, 0.1) is 0 Å². The molecule has 0 amide bonds. The first-order valence-electron chi connectivity index (χ1n) is 6.85. The maximum Gasteiger partial charge on any atom is 0.250 e. The van der Waals surface area contributed by atoms with Gasteiger partial charge in [0.05, 0.1) is 5.41 Å². The Morgan fingerprint density at radius 3 is 2.90 bits per heavy atom. The van der Waals surface area contributed by atoms with Crippen LogP contribution in [0.1, 0.15) is 32.5 Å². The molecule has 1 aromatic rings. The van der Waals surface area contributed by atoms with Gasteiger partial charge in [-0.2, -0.15) is 0 Å². The molecule has 1 aliphatic carbocycles. The molecule has 0 aromatic carbocycles. The molecule has 0 saturated heterocycles. The fraction of sp³-hybridized carbons (Fsp3) is 0.400. The number of nitrogens with zero attached hydrogens (tertiary/aromatic N) is 1. The topological polar surface area (TPSA) is 74.8 Å². The first kappa shape index (κ1) is 14.1. The smallest absolute Gasteiger partial charge is 0.250 e. The van der Waals surface area contributed by atoms with Crippen LogP contribution in [0.3, 0.4) is 0 Å². The predicted molar refractivity (Wildman–Crippen MR) is 80.0 cm³/mol. The Morgan fingerprint density at radius 2 is 2.19 bits per heavy atom. The van der Waals surface area contributed by atoms with Crippen molar-refractivity contribution in [3.8, 4) is 0 Å². The lowest BCUT2D eigenvalue weighted by Crippen LogP contribution is -2.44. The SMILES string of the molecule is CC1=CC(Cl)NC2=C1C(=O)C(C)(c1nccc(=O)[nH]1)CC2. The van der Waals surface area contributed by atoms with E-state index in [0.717, 1.165) is 11.3 Å². The normalized spacial score (nSPS) is 28.8. The minimum absolute atomic E-state index is 0.0251. The number of Topliss-reactive ketones (excluding diaryl/α,β-unsaturated/α-hetero) is 1. The highest BCUT2D eigenvalue weighted by Crippen LogP contribution is 2.40. The van der Waals surface area contributed by atoms with E-state index < -0.39 is 5.41 Å². The molecule has 0 fully saturated rings. The molecule has 2 atom stereocenters. The Hall–Kier alpha value is -1.88. The Bertz CT molecular complexity index is 734. The van der Waals surface area contributed by atoms with Gasteiger partial charge < -0.3 is 10.3 Å². The molecule has 0 bridgehead atoms. The lowest BCUT2D eigenvalue weighted by molar-refractivity contribution is -0.121. The zero-order valence-corrected chi connectivity index (χ0v) is 12.6. The number of H-pyrrole nitrogens is 1. The van der Waals surface area contributed by atoms with Crippen LogP contribution in [0.2, 0.25) is 0 Å². The molecule has 110 valence electrons. The van der Waals surface area contributed by atoms with Crippen LogP contribution in [-0.2, 0) is 10.2 Å². The van der Waals surface area contributed by atoms with Crippen LogP contribution in [0.4, 0.5) is 0 Å². The second-order valence-corrected chi connectivity index (χ2v) is 6.16. The number of hydrogen-bond acceptors (Lipinski definition) is 4. The van der Waals surface area contributed by atoms with E-state index in [1.807, 2.05) is 19.9 Å². The maximum absolute atomic E-state index is 13.0. The van der Waals surface area contributed by atoms with E-state index in [9.17, 15) is 9.59 Å². The summed E-state index contributed by atoms with van der Waals surface area (Å²) in [5.41, 5.74) is 1.09. The molecule has 0 spiro atoms. The molecule has 0 saturated carbocycles. The van der Waals surface area contributed by atoms with Gasteiger partial charge in [0.15, 0.2) is 5.78 Å². The van der Waals surface area contributed by atoms with Crippen LogP contribution in [0.15, 0.2) is 40.0 Å². The number of halogens is 1. The summed E-state index contributed by atoms with van der Waals surface area (Å²) in [7, 11) is 0. The Morgan fingerprint density at radius 1 is 1.43 bits per heavy atom. The van der Waals surface area contributed by atoms with E-state index in [2.05, 4.69) is 15.3 Å². The molecule has 2 heterocycles. The number of ketones is 1. The largest absolute Gasteiger partial charge is 0.369 e. The van der Waals surface area contributed by atoms with Crippen molar-refractivity contribution in [3.63, 3.8) is 0 Å². The summed E-state index contributed by atoms with van der Waals surface area (Å²) in [4.78, 5) is 31.4. The standard InChI is InChI=1S/C15H16ClN3O2/c1-8-7-10(16)18-9-3-5-15(2,13(21)12(8)9)14-17-6-4-11(20)19-14/h4,6-7,10,18H,3,5H2,1-2H3,(H,17,19,20). The molecule has 5 nitrogen and oxygen atoms in total. The van der Waals surface area contributed by atoms with Crippen molar-refractivity contribution in [2.75, 3.05) is 0 Å². The van der Waals surface area contributed by atoms with Gasteiger partial charge in [0, 0.05) is 23.5 Å². The minimum atomic E-state index is -0.810. The first-order valence-corrected chi connectivity index (χ1v) is 7.28. The van der Waals surface area contributed by atoms with Gasteiger partial charge in [-0.05, 0) is 38.3 Å². The van der Waals surface area contributed by atoms with Crippen molar-refractivity contribution in [1.82, 2.24) is 15.3 Å². The fourth-order valence-corrected chi connectivity index (χ4v) is 3.30. The summed E-state index contributed by atoms with van der Waals surface area (Å²) in [6, 6.07) is 1.34. The number of carbonyl (C=O) groups is 1. The van der Waals surface area contributed by atoms with E-state index in [-0.39, 0.29) is 16.8 Å². The van der Waals surface area contributed by atoms with Gasteiger partial charge in [-0.1, -0.05) is 11.6 Å². The van der Waals surface area contributed by atoms with Crippen LogP contribution < -0.4 is 10.9 Å². The molecule has 3 rings (SSSR count). The van der Waals surface area contributed by atoms with Gasteiger partial charge in [0.1, 0.15) is 11.3 Å². The molecule has 2 unspecified atom stereocenters. The summed E-state index contributed by atoms with van der Waals surface area (Å²) in [6.07, 6.45) is 4.55. The molecule has 6 heteroatoms. The van der Waals surface area contributed by atoms with Gasteiger partial charge in [-0.15, -0.1) is 0 Å². The molecule has 21 heavy (non-hydrogen) atoms. The van der Waals surface area contributed by atoms with Gasteiger partial charge in [0.25, 0.3) is 5.56 Å². The zero-order valence-electron chi connectivity index (χ0n) is 11.9. The van der Waals surface area contributed by atoms with Crippen LogP contribution in [0.25, 0.3) is 0 Å². The Balaban J connectivity index is 2.08. The number of nitrogens with one attached hydrogen (secondary N) is 2. The highest BCUT2D eigenvalue weighted by molar-refractivity contribution is 6.22.